The fraction of sp³-hybridized carbons (Fsp3) is 0.312. The van der Waals surface area contributed by atoms with Gasteiger partial charge in [-0.2, -0.15) is 0 Å². The lowest BCUT2D eigenvalue weighted by Crippen LogP contribution is -2.07. The summed E-state index contributed by atoms with van der Waals surface area (Å²) in [6.07, 6.45) is 3.96. The quantitative estimate of drug-likeness (QED) is 0.788. The number of nitrogens with zero attached hydrogens (tertiary/aromatic N) is 2. The maximum atomic E-state index is 11.9. The molecule has 0 saturated heterocycles. The number of nitrogens with one attached hydrogen (secondary N) is 1. The van der Waals surface area contributed by atoms with Crippen molar-refractivity contribution in [1.29, 1.82) is 0 Å². The summed E-state index contributed by atoms with van der Waals surface area (Å²) in [4.78, 5) is 11.9. The van der Waals surface area contributed by atoms with Gasteiger partial charge in [-0.3, -0.25) is 10.1 Å². The Hall–Kier alpha value is -2.41. The van der Waals surface area contributed by atoms with Crippen LogP contribution >= 0.6 is 11.3 Å². The van der Waals surface area contributed by atoms with Crippen LogP contribution in [0.1, 0.15) is 24.4 Å². The first-order valence-corrected chi connectivity index (χ1v) is 8.10. The molecule has 0 bridgehead atoms. The van der Waals surface area contributed by atoms with Crippen molar-refractivity contribution in [1.82, 2.24) is 10.2 Å². The van der Waals surface area contributed by atoms with E-state index in [-0.39, 0.29) is 5.91 Å². The summed E-state index contributed by atoms with van der Waals surface area (Å²) in [6.45, 7) is 4.44. The highest BCUT2D eigenvalue weighted by Gasteiger charge is 2.06. The fourth-order valence-electron chi connectivity index (χ4n) is 1.83. The van der Waals surface area contributed by atoms with E-state index >= 15 is 0 Å². The van der Waals surface area contributed by atoms with Crippen molar-refractivity contribution in [2.45, 2.75) is 20.3 Å². The molecule has 1 aromatic heterocycles. The summed E-state index contributed by atoms with van der Waals surface area (Å²) < 4.78 is 10.7. The number of ether oxygens (including phenoxy) is 2. The molecule has 0 radical (unpaired) electrons. The SMILES string of the molecule is CCOc1cc(/C=C/C(=O)Nc2nnc(CC)s2)ccc1OC. The zero-order valence-electron chi connectivity index (χ0n) is 13.3. The molecule has 2 aromatic rings. The molecule has 2 rings (SSSR count). The van der Waals surface area contributed by atoms with Crippen molar-refractivity contribution in [3.63, 3.8) is 0 Å². The molecule has 0 saturated carbocycles. The number of methoxy groups -OCH3 is 1. The summed E-state index contributed by atoms with van der Waals surface area (Å²) in [5.74, 6) is 1.06. The van der Waals surface area contributed by atoms with E-state index in [1.54, 1.807) is 19.3 Å². The topological polar surface area (TPSA) is 73.3 Å². The van der Waals surface area contributed by atoms with Crippen LogP contribution in [-0.2, 0) is 11.2 Å². The van der Waals surface area contributed by atoms with Gasteiger partial charge in [-0.05, 0) is 37.1 Å². The van der Waals surface area contributed by atoms with E-state index in [2.05, 4.69) is 15.5 Å². The first-order chi connectivity index (χ1) is 11.2. The van der Waals surface area contributed by atoms with Crippen LogP contribution in [0.15, 0.2) is 24.3 Å². The van der Waals surface area contributed by atoms with E-state index in [0.29, 0.717) is 23.2 Å². The van der Waals surface area contributed by atoms with Crippen LogP contribution in [-0.4, -0.2) is 29.8 Å². The van der Waals surface area contributed by atoms with Gasteiger partial charge in [0, 0.05) is 6.08 Å². The zero-order chi connectivity index (χ0) is 16.7. The highest BCUT2D eigenvalue weighted by molar-refractivity contribution is 7.15. The lowest BCUT2D eigenvalue weighted by Gasteiger charge is -2.09. The third-order valence-corrected chi connectivity index (χ3v) is 3.90. The number of aromatic nitrogens is 2. The second kappa shape index (κ2) is 8.28. The zero-order valence-corrected chi connectivity index (χ0v) is 14.1. The van der Waals surface area contributed by atoms with Crippen LogP contribution in [0.25, 0.3) is 6.08 Å². The van der Waals surface area contributed by atoms with Crippen molar-refractivity contribution in [2.24, 2.45) is 0 Å². The van der Waals surface area contributed by atoms with Crippen molar-refractivity contribution in [3.05, 3.63) is 34.8 Å². The smallest absolute Gasteiger partial charge is 0.250 e. The molecule has 1 aromatic carbocycles. The summed E-state index contributed by atoms with van der Waals surface area (Å²) >= 11 is 1.37. The molecule has 1 amide bonds. The van der Waals surface area contributed by atoms with Crippen LogP contribution in [0.3, 0.4) is 0 Å². The molecule has 1 heterocycles. The lowest BCUT2D eigenvalue weighted by atomic mass is 10.2. The Morgan fingerprint density at radius 3 is 2.78 bits per heavy atom. The summed E-state index contributed by atoms with van der Waals surface area (Å²) in [5, 5.41) is 11.9. The summed E-state index contributed by atoms with van der Waals surface area (Å²) in [6, 6.07) is 5.48. The number of hydrogen-bond acceptors (Lipinski definition) is 6. The lowest BCUT2D eigenvalue weighted by molar-refractivity contribution is -0.111. The van der Waals surface area contributed by atoms with Crippen LogP contribution < -0.4 is 14.8 Å². The Morgan fingerprint density at radius 1 is 1.30 bits per heavy atom. The van der Waals surface area contributed by atoms with E-state index < -0.39 is 0 Å². The van der Waals surface area contributed by atoms with Crippen LogP contribution in [0.5, 0.6) is 11.5 Å². The van der Waals surface area contributed by atoms with Crippen molar-refractivity contribution < 1.29 is 14.3 Å². The molecule has 0 spiro atoms. The maximum Gasteiger partial charge on any atom is 0.250 e. The van der Waals surface area contributed by atoms with Gasteiger partial charge in [-0.1, -0.05) is 24.3 Å². The standard InChI is InChI=1S/C16H19N3O3S/c1-4-15-18-19-16(23-15)17-14(20)9-7-11-6-8-12(21-3)13(10-11)22-5-2/h6-10H,4-5H2,1-3H3,(H,17,19,20)/b9-7+. The number of carbonyl (C=O) groups is 1. The van der Waals surface area contributed by atoms with Gasteiger partial charge in [0.05, 0.1) is 13.7 Å². The minimum Gasteiger partial charge on any atom is -0.493 e. The van der Waals surface area contributed by atoms with Crippen LogP contribution in [0.4, 0.5) is 5.13 Å². The molecular weight excluding hydrogens is 314 g/mol. The fourth-order valence-corrected chi connectivity index (χ4v) is 2.51. The van der Waals surface area contributed by atoms with Gasteiger partial charge in [0.25, 0.3) is 0 Å². The molecule has 122 valence electrons. The predicted octanol–water partition coefficient (Wildman–Crippen LogP) is 3.16. The Labute approximate surface area is 139 Å². The molecule has 0 aliphatic carbocycles. The predicted molar refractivity (Wildman–Crippen MR) is 91.1 cm³/mol. The third-order valence-electron chi connectivity index (χ3n) is 2.91. The summed E-state index contributed by atoms with van der Waals surface area (Å²) in [5.41, 5.74) is 0.843. The minimum absolute atomic E-state index is 0.252. The van der Waals surface area contributed by atoms with E-state index in [1.807, 2.05) is 26.0 Å². The number of carbonyl (C=O) groups excluding carboxylic acids is 1. The van der Waals surface area contributed by atoms with Crippen molar-refractivity contribution in [2.75, 3.05) is 19.0 Å². The monoisotopic (exact) mass is 333 g/mol. The largest absolute Gasteiger partial charge is 0.493 e. The highest BCUT2D eigenvalue weighted by Crippen LogP contribution is 2.28. The van der Waals surface area contributed by atoms with Gasteiger partial charge < -0.3 is 9.47 Å². The number of hydrogen-bond donors (Lipinski definition) is 1. The Balaban J connectivity index is 2.03. The Kier molecular flexibility index (Phi) is 6.10. The number of aryl methyl sites for hydroxylation is 1. The highest BCUT2D eigenvalue weighted by atomic mass is 32.1. The Bertz CT molecular complexity index is 698. The first kappa shape index (κ1) is 17.0. The van der Waals surface area contributed by atoms with Gasteiger partial charge in [-0.25, -0.2) is 0 Å². The van der Waals surface area contributed by atoms with Crippen LogP contribution in [0.2, 0.25) is 0 Å². The van der Waals surface area contributed by atoms with Crippen molar-refractivity contribution in [3.8, 4) is 11.5 Å². The van der Waals surface area contributed by atoms with Gasteiger partial charge in [0.2, 0.25) is 11.0 Å². The normalized spacial score (nSPS) is 10.7. The van der Waals surface area contributed by atoms with Gasteiger partial charge in [-0.15, -0.1) is 10.2 Å². The number of benzene rings is 1. The second-order valence-corrected chi connectivity index (χ2v) is 5.58. The number of rotatable bonds is 7. The number of amides is 1. The molecule has 23 heavy (non-hydrogen) atoms. The molecule has 0 atom stereocenters. The minimum atomic E-state index is -0.252. The van der Waals surface area contributed by atoms with Crippen molar-refractivity contribution >= 4 is 28.5 Å². The summed E-state index contributed by atoms with van der Waals surface area (Å²) in [7, 11) is 1.59. The van der Waals surface area contributed by atoms with E-state index in [9.17, 15) is 4.79 Å². The Morgan fingerprint density at radius 2 is 2.13 bits per heavy atom. The van der Waals surface area contributed by atoms with Gasteiger partial charge in [0.15, 0.2) is 11.5 Å². The molecule has 0 fully saturated rings. The molecule has 6 nitrogen and oxygen atoms in total. The third kappa shape index (κ3) is 4.79. The molecule has 0 aliphatic heterocycles. The molecular formula is C16H19N3O3S. The molecule has 0 aliphatic rings. The van der Waals surface area contributed by atoms with E-state index in [0.717, 1.165) is 17.0 Å². The van der Waals surface area contributed by atoms with Crippen LogP contribution in [0, 0.1) is 0 Å². The number of anilines is 1. The average Bonchev–Trinajstić information content (AvgIpc) is 3.01. The average molecular weight is 333 g/mol. The molecule has 0 unspecified atom stereocenters. The maximum absolute atomic E-state index is 11.9. The first-order valence-electron chi connectivity index (χ1n) is 7.28. The van der Waals surface area contributed by atoms with Gasteiger partial charge >= 0.3 is 0 Å². The molecule has 7 heteroatoms. The van der Waals surface area contributed by atoms with E-state index in [4.69, 9.17) is 9.47 Å². The van der Waals surface area contributed by atoms with E-state index in [1.165, 1.54) is 17.4 Å². The second-order valence-electron chi connectivity index (χ2n) is 4.52. The van der Waals surface area contributed by atoms with Gasteiger partial charge in [0.1, 0.15) is 5.01 Å². The molecule has 1 N–H and O–H groups in total.